The molecule has 0 radical (unpaired) electrons. The van der Waals surface area contributed by atoms with Crippen LogP contribution in [0.3, 0.4) is 0 Å². The molecule has 1 aromatic carbocycles. The van der Waals surface area contributed by atoms with Crippen LogP contribution in [-0.2, 0) is 4.74 Å². The topological polar surface area (TPSA) is 73.4 Å². The molecule has 0 saturated carbocycles. The van der Waals surface area contributed by atoms with Gasteiger partial charge in [0.05, 0.1) is 27.9 Å². The summed E-state index contributed by atoms with van der Waals surface area (Å²) in [6.45, 7) is 5.93. The van der Waals surface area contributed by atoms with Crippen molar-refractivity contribution in [3.05, 3.63) is 50.0 Å². The Kier molecular flexibility index (Phi) is 5.89. The number of benzene rings is 1. The number of rotatable bonds is 2. The number of hydrogen-bond acceptors (Lipinski definition) is 5. The first-order valence-corrected chi connectivity index (χ1v) is 11.6. The third-order valence-electron chi connectivity index (χ3n) is 6.20. The van der Waals surface area contributed by atoms with Gasteiger partial charge in [0.2, 0.25) is 0 Å². The summed E-state index contributed by atoms with van der Waals surface area (Å²) < 4.78 is 7.39. The molecule has 0 unspecified atom stereocenters. The molecule has 156 valence electrons. The van der Waals surface area contributed by atoms with Crippen molar-refractivity contribution in [1.29, 1.82) is 0 Å². The zero-order valence-electron chi connectivity index (χ0n) is 16.3. The summed E-state index contributed by atoms with van der Waals surface area (Å²) in [7, 11) is 0. The zero-order chi connectivity index (χ0) is 20.9. The van der Waals surface area contributed by atoms with Crippen LogP contribution in [0, 0.1) is 19.3 Å². The average molecular weight is 549 g/mol. The monoisotopic (exact) mass is 548 g/mol. The summed E-state index contributed by atoms with van der Waals surface area (Å²) in [6, 6.07) is 5.29. The smallest absolute Gasteiger partial charge is 0.263 e. The van der Waals surface area contributed by atoms with Crippen molar-refractivity contribution < 1.29 is 4.74 Å². The van der Waals surface area contributed by atoms with E-state index in [1.54, 1.807) is 18.2 Å². The molecule has 9 heteroatoms. The quantitative estimate of drug-likeness (QED) is 0.455. The Morgan fingerprint density at radius 1 is 1.28 bits per heavy atom. The van der Waals surface area contributed by atoms with Crippen LogP contribution in [0.25, 0.3) is 5.69 Å². The van der Waals surface area contributed by atoms with Gasteiger partial charge < -0.3 is 15.4 Å². The number of halogens is 3. The number of hydrogen-bond donors (Lipinski definition) is 1. The van der Waals surface area contributed by atoms with Crippen LogP contribution in [0.4, 0.5) is 5.82 Å². The minimum atomic E-state index is -0.134. The maximum Gasteiger partial charge on any atom is 0.263 e. The van der Waals surface area contributed by atoms with Crippen LogP contribution in [0.2, 0.25) is 10.0 Å². The fraction of sp³-hybridized carbons (Fsp3) is 0.500. The van der Waals surface area contributed by atoms with Gasteiger partial charge in [0.15, 0.2) is 0 Å². The first kappa shape index (κ1) is 21.4. The lowest BCUT2D eigenvalue weighted by atomic mass is 9.75. The summed E-state index contributed by atoms with van der Waals surface area (Å²) in [5, 5.41) is 0.749. The third-order valence-corrected chi connectivity index (χ3v) is 8.14. The largest absolute Gasteiger partial charge is 0.366 e. The van der Waals surface area contributed by atoms with E-state index in [0.29, 0.717) is 33.7 Å². The second kappa shape index (κ2) is 8.00. The molecule has 2 N–H and O–H groups in total. The molecule has 3 heterocycles. The molecule has 0 bridgehead atoms. The molecule has 2 aliphatic rings. The van der Waals surface area contributed by atoms with Crippen LogP contribution in [-0.4, -0.2) is 39.4 Å². The molecule has 2 aromatic rings. The van der Waals surface area contributed by atoms with E-state index in [1.165, 1.54) is 4.57 Å². The van der Waals surface area contributed by atoms with E-state index in [0.717, 1.165) is 31.7 Å². The molecule has 0 amide bonds. The highest BCUT2D eigenvalue weighted by molar-refractivity contribution is 14.1. The first-order valence-electron chi connectivity index (χ1n) is 9.56. The van der Waals surface area contributed by atoms with Crippen LogP contribution < -0.4 is 16.2 Å². The van der Waals surface area contributed by atoms with Gasteiger partial charge in [-0.2, -0.15) is 0 Å². The Balaban J connectivity index is 1.66. The highest BCUT2D eigenvalue weighted by Crippen LogP contribution is 2.43. The SMILES string of the molecule is Cc1c(N2CCC3(CC2)CO[C@@H](I)[C@H]3N)nc(C)n(-c2cccc(Cl)c2Cl)c1=O. The minimum absolute atomic E-state index is 0.0224. The second-order valence-electron chi connectivity index (χ2n) is 7.86. The van der Waals surface area contributed by atoms with Gasteiger partial charge in [-0.3, -0.25) is 9.36 Å². The van der Waals surface area contributed by atoms with Gasteiger partial charge in [-0.05, 0) is 61.4 Å². The number of nitrogens with zero attached hydrogens (tertiary/aromatic N) is 3. The highest BCUT2D eigenvalue weighted by atomic mass is 127. The van der Waals surface area contributed by atoms with Gasteiger partial charge >= 0.3 is 0 Å². The molecular formula is C20H23Cl2IN4O2. The van der Waals surface area contributed by atoms with Crippen LogP contribution in [0.5, 0.6) is 0 Å². The molecule has 6 nitrogen and oxygen atoms in total. The minimum Gasteiger partial charge on any atom is -0.366 e. The zero-order valence-corrected chi connectivity index (χ0v) is 20.0. The molecule has 2 aliphatic heterocycles. The summed E-state index contributed by atoms with van der Waals surface area (Å²) >= 11 is 14.8. The van der Waals surface area contributed by atoms with Crippen molar-refractivity contribution in [2.24, 2.45) is 11.1 Å². The van der Waals surface area contributed by atoms with E-state index in [2.05, 4.69) is 27.5 Å². The normalized spacial score (nSPS) is 23.7. The van der Waals surface area contributed by atoms with Crippen molar-refractivity contribution in [2.75, 3.05) is 24.6 Å². The van der Waals surface area contributed by atoms with Gasteiger partial charge in [0, 0.05) is 24.5 Å². The molecule has 29 heavy (non-hydrogen) atoms. The average Bonchev–Trinajstić information content (AvgIpc) is 2.97. The number of aryl methyl sites for hydroxylation is 1. The van der Waals surface area contributed by atoms with E-state index in [4.69, 9.17) is 38.7 Å². The Morgan fingerprint density at radius 3 is 2.59 bits per heavy atom. The van der Waals surface area contributed by atoms with E-state index in [1.807, 2.05) is 13.8 Å². The Bertz CT molecular complexity index is 1000. The van der Waals surface area contributed by atoms with E-state index < -0.39 is 0 Å². The highest BCUT2D eigenvalue weighted by Gasteiger charge is 2.48. The third kappa shape index (κ3) is 3.59. The first-order chi connectivity index (χ1) is 13.7. The number of piperidine rings is 1. The van der Waals surface area contributed by atoms with Crippen molar-refractivity contribution in [1.82, 2.24) is 9.55 Å². The number of anilines is 1. The number of aromatic nitrogens is 2. The van der Waals surface area contributed by atoms with Crippen LogP contribution in [0.1, 0.15) is 24.2 Å². The lowest BCUT2D eigenvalue weighted by molar-refractivity contribution is 0.127. The summed E-state index contributed by atoms with van der Waals surface area (Å²) in [5.41, 5.74) is 7.45. The predicted octanol–water partition coefficient (Wildman–Crippen LogP) is 3.86. The molecule has 1 spiro atoms. The van der Waals surface area contributed by atoms with Crippen LogP contribution >= 0.6 is 45.8 Å². The van der Waals surface area contributed by atoms with Gasteiger partial charge in [0.1, 0.15) is 15.8 Å². The fourth-order valence-electron chi connectivity index (χ4n) is 4.32. The predicted molar refractivity (Wildman–Crippen MR) is 125 cm³/mol. The Morgan fingerprint density at radius 2 is 1.97 bits per heavy atom. The van der Waals surface area contributed by atoms with E-state index in [-0.39, 0.29) is 21.1 Å². The lowest BCUT2D eigenvalue weighted by Crippen LogP contribution is -2.50. The molecule has 1 aromatic heterocycles. The summed E-state index contributed by atoms with van der Waals surface area (Å²) in [6.07, 6.45) is 1.86. The summed E-state index contributed by atoms with van der Waals surface area (Å²) in [5.74, 6) is 1.31. The van der Waals surface area contributed by atoms with Crippen molar-refractivity contribution in [2.45, 2.75) is 36.8 Å². The standard InChI is InChI=1S/C20H23Cl2IN4O2/c1-11-18(26-8-6-20(7-9-26)10-29-17(23)16(20)24)25-12(2)27(19(11)28)14-5-3-4-13(21)15(14)22/h3-5,16-17H,6-10,24H2,1-2H3/t16-,17-/m1/s1. The maximum atomic E-state index is 13.2. The number of ether oxygens (including phenoxy) is 1. The number of alkyl halides is 1. The van der Waals surface area contributed by atoms with Crippen molar-refractivity contribution >= 4 is 51.6 Å². The van der Waals surface area contributed by atoms with Gasteiger partial charge in [-0.25, -0.2) is 4.98 Å². The van der Waals surface area contributed by atoms with Gasteiger partial charge in [0.25, 0.3) is 5.56 Å². The van der Waals surface area contributed by atoms with Crippen molar-refractivity contribution in [3.63, 3.8) is 0 Å². The molecule has 2 atom stereocenters. The lowest BCUT2D eigenvalue weighted by Gasteiger charge is -2.41. The number of nitrogens with two attached hydrogens (primary N) is 1. The summed E-state index contributed by atoms with van der Waals surface area (Å²) in [4.78, 5) is 20.2. The van der Waals surface area contributed by atoms with Crippen molar-refractivity contribution in [3.8, 4) is 5.69 Å². The molecule has 4 rings (SSSR count). The van der Waals surface area contributed by atoms with Crippen LogP contribution in [0.15, 0.2) is 23.0 Å². The van der Waals surface area contributed by atoms with Gasteiger partial charge in [-0.15, -0.1) is 0 Å². The fourth-order valence-corrected chi connectivity index (χ4v) is 5.64. The molecule has 2 saturated heterocycles. The second-order valence-corrected chi connectivity index (χ2v) is 9.87. The Labute approximate surface area is 193 Å². The van der Waals surface area contributed by atoms with E-state index in [9.17, 15) is 4.79 Å². The Hall–Kier alpha value is -0.870. The molecule has 0 aliphatic carbocycles. The van der Waals surface area contributed by atoms with Gasteiger partial charge in [-0.1, -0.05) is 29.3 Å². The molecule has 2 fully saturated rings. The van der Waals surface area contributed by atoms with E-state index >= 15 is 0 Å². The maximum absolute atomic E-state index is 13.2. The molecular weight excluding hydrogens is 526 g/mol.